The lowest BCUT2D eigenvalue weighted by atomic mass is 10.1. The van der Waals surface area contributed by atoms with Crippen molar-refractivity contribution in [3.8, 4) is 11.1 Å². The third-order valence-electron chi connectivity index (χ3n) is 2.59. The first-order chi connectivity index (χ1) is 8.88. The smallest absolute Gasteiger partial charge is 0.311 e. The van der Waals surface area contributed by atoms with Crippen molar-refractivity contribution in [1.29, 1.82) is 0 Å². The van der Waals surface area contributed by atoms with E-state index < -0.39 is 25.8 Å². The van der Waals surface area contributed by atoms with Crippen LogP contribution in [0.3, 0.4) is 0 Å². The van der Waals surface area contributed by atoms with E-state index in [0.29, 0.717) is 11.6 Å². The normalized spacial score (nSPS) is 15.5. The maximum atomic E-state index is 12.9. The minimum atomic E-state index is -9.90. The molecule has 0 radical (unpaired) electrons. The summed E-state index contributed by atoms with van der Waals surface area (Å²) in [5.74, 6) is 0. The zero-order valence-electron chi connectivity index (χ0n) is 9.79. The van der Waals surface area contributed by atoms with E-state index in [9.17, 15) is 19.4 Å². The molecule has 20 heavy (non-hydrogen) atoms. The first-order valence-electron chi connectivity index (χ1n) is 5.27. The number of hydrogen-bond donors (Lipinski definition) is 1. The molecular formula is C12H9ClF5NS. The Morgan fingerprint density at radius 2 is 1.40 bits per heavy atom. The molecule has 0 aliphatic heterocycles. The van der Waals surface area contributed by atoms with Crippen LogP contribution in [0.1, 0.15) is 0 Å². The maximum Gasteiger partial charge on any atom is 0.311 e. The topological polar surface area (TPSA) is 26.0 Å². The Bertz CT molecular complexity index is 670. The van der Waals surface area contributed by atoms with Gasteiger partial charge in [0, 0.05) is 0 Å². The van der Waals surface area contributed by atoms with E-state index in [2.05, 4.69) is 0 Å². The van der Waals surface area contributed by atoms with Crippen molar-refractivity contribution in [2.24, 2.45) is 0 Å². The van der Waals surface area contributed by atoms with Crippen LogP contribution in [-0.4, -0.2) is 0 Å². The molecule has 0 spiro atoms. The summed E-state index contributed by atoms with van der Waals surface area (Å²) in [6, 6.07) is 9.21. The molecule has 0 aliphatic carbocycles. The summed E-state index contributed by atoms with van der Waals surface area (Å²) >= 11 is 5.32. The summed E-state index contributed by atoms with van der Waals surface area (Å²) in [6.07, 6.45) is 0. The third kappa shape index (κ3) is 2.99. The molecule has 2 N–H and O–H groups in total. The molecule has 0 fully saturated rings. The molecule has 0 aliphatic rings. The second-order valence-corrected chi connectivity index (χ2v) is 6.97. The van der Waals surface area contributed by atoms with Crippen molar-refractivity contribution in [1.82, 2.24) is 0 Å². The molecular weight excluding hydrogens is 321 g/mol. The van der Waals surface area contributed by atoms with Crippen molar-refractivity contribution in [3.63, 3.8) is 0 Å². The Hall–Kier alpha value is -1.47. The van der Waals surface area contributed by atoms with E-state index in [1.54, 1.807) is 18.2 Å². The predicted octanol–water partition coefficient (Wildman–Crippen LogP) is 6.25. The van der Waals surface area contributed by atoms with E-state index in [-0.39, 0.29) is 5.56 Å². The number of anilines is 1. The van der Waals surface area contributed by atoms with Gasteiger partial charge in [0.1, 0.15) is 4.90 Å². The van der Waals surface area contributed by atoms with E-state index in [1.165, 1.54) is 12.1 Å². The van der Waals surface area contributed by atoms with Crippen molar-refractivity contribution >= 4 is 27.5 Å². The Balaban J connectivity index is 2.77. The molecule has 1 nitrogen and oxygen atoms in total. The van der Waals surface area contributed by atoms with Gasteiger partial charge in [0.15, 0.2) is 0 Å². The number of hydrogen-bond acceptors (Lipinski definition) is 1. The highest BCUT2D eigenvalue weighted by atomic mass is 35.5. The highest BCUT2D eigenvalue weighted by molar-refractivity contribution is 8.45. The van der Waals surface area contributed by atoms with Gasteiger partial charge in [-0.2, -0.15) is 0 Å². The van der Waals surface area contributed by atoms with E-state index >= 15 is 0 Å². The first kappa shape index (κ1) is 14.9. The monoisotopic (exact) mass is 329 g/mol. The van der Waals surface area contributed by atoms with Gasteiger partial charge in [-0.25, -0.2) is 0 Å². The zero-order chi connectivity index (χ0) is 15.2. The molecule has 0 aromatic heterocycles. The molecule has 0 saturated heterocycles. The molecule has 110 valence electrons. The van der Waals surface area contributed by atoms with Crippen LogP contribution in [0.25, 0.3) is 11.1 Å². The standard InChI is InChI=1S/C12H9ClF5NS/c13-12-10(19)6-9(8-4-2-1-3-5-8)7-11(12)20(14,15,16,17)18/h1-7H,19H2. The van der Waals surface area contributed by atoms with Gasteiger partial charge in [0.2, 0.25) is 0 Å². The zero-order valence-corrected chi connectivity index (χ0v) is 11.4. The molecule has 0 unspecified atom stereocenters. The van der Waals surface area contributed by atoms with Crippen LogP contribution >= 0.6 is 21.8 Å². The van der Waals surface area contributed by atoms with Crippen LogP contribution in [0.5, 0.6) is 0 Å². The summed E-state index contributed by atoms with van der Waals surface area (Å²) in [4.78, 5) is -2.16. The molecule has 0 heterocycles. The average molecular weight is 330 g/mol. The maximum absolute atomic E-state index is 12.9. The predicted molar refractivity (Wildman–Crippen MR) is 72.7 cm³/mol. The Morgan fingerprint density at radius 3 is 1.90 bits per heavy atom. The number of nitrogen functional groups attached to an aromatic ring is 1. The minimum Gasteiger partial charge on any atom is -0.397 e. The van der Waals surface area contributed by atoms with Crippen LogP contribution in [0, 0.1) is 0 Å². The Labute approximate surface area is 116 Å². The second-order valence-electron chi connectivity index (χ2n) is 4.21. The van der Waals surface area contributed by atoms with Crippen LogP contribution in [0.15, 0.2) is 47.4 Å². The largest absolute Gasteiger partial charge is 0.397 e. The molecule has 0 bridgehead atoms. The number of benzene rings is 2. The van der Waals surface area contributed by atoms with Crippen LogP contribution in [0.2, 0.25) is 5.02 Å². The van der Waals surface area contributed by atoms with Gasteiger partial charge in [-0.05, 0) is 23.3 Å². The van der Waals surface area contributed by atoms with Gasteiger partial charge in [-0.1, -0.05) is 61.4 Å². The lowest BCUT2D eigenvalue weighted by Gasteiger charge is -2.41. The summed E-state index contributed by atoms with van der Waals surface area (Å²) < 4.78 is 64.7. The lowest BCUT2D eigenvalue weighted by Crippen LogP contribution is -2.08. The van der Waals surface area contributed by atoms with Crippen molar-refractivity contribution in [2.45, 2.75) is 4.90 Å². The summed E-state index contributed by atoms with van der Waals surface area (Å²) in [7, 11) is -9.90. The lowest BCUT2D eigenvalue weighted by molar-refractivity contribution is 0.364. The molecule has 0 atom stereocenters. The van der Waals surface area contributed by atoms with Gasteiger partial charge >= 0.3 is 10.2 Å². The number of nitrogens with two attached hydrogens (primary N) is 1. The summed E-state index contributed by atoms with van der Waals surface area (Å²) in [5, 5.41) is -1.18. The Kier molecular flexibility index (Phi) is 2.83. The van der Waals surface area contributed by atoms with Gasteiger partial charge in [-0.15, -0.1) is 0 Å². The highest BCUT2D eigenvalue weighted by Crippen LogP contribution is 3.02. The van der Waals surface area contributed by atoms with E-state index in [1.807, 2.05) is 0 Å². The van der Waals surface area contributed by atoms with Crippen molar-refractivity contribution in [3.05, 3.63) is 47.5 Å². The van der Waals surface area contributed by atoms with Crippen LogP contribution in [0.4, 0.5) is 25.1 Å². The number of rotatable bonds is 2. The van der Waals surface area contributed by atoms with Crippen LogP contribution in [-0.2, 0) is 0 Å². The van der Waals surface area contributed by atoms with Crippen LogP contribution < -0.4 is 5.73 Å². The molecule has 2 aromatic rings. The fourth-order valence-corrected chi connectivity index (χ4v) is 3.05. The van der Waals surface area contributed by atoms with E-state index in [0.717, 1.165) is 6.07 Å². The van der Waals surface area contributed by atoms with Gasteiger partial charge < -0.3 is 5.73 Å². The van der Waals surface area contributed by atoms with Crippen molar-refractivity contribution < 1.29 is 19.4 Å². The average Bonchev–Trinajstić information content (AvgIpc) is 2.30. The van der Waals surface area contributed by atoms with Crippen molar-refractivity contribution in [2.75, 3.05) is 5.73 Å². The quantitative estimate of drug-likeness (QED) is 0.511. The first-order valence-corrected chi connectivity index (χ1v) is 7.60. The number of halogens is 6. The SMILES string of the molecule is Nc1cc(-c2ccccc2)cc(S(F)(F)(F)(F)F)c1Cl. The summed E-state index contributed by atoms with van der Waals surface area (Å²) in [6.45, 7) is 0. The van der Waals surface area contributed by atoms with E-state index in [4.69, 9.17) is 17.3 Å². The second kappa shape index (κ2) is 3.79. The van der Waals surface area contributed by atoms with Gasteiger partial charge in [0.25, 0.3) is 0 Å². The fraction of sp³-hybridized carbons (Fsp3) is 0. The minimum absolute atomic E-state index is 0.0734. The third-order valence-corrected chi connectivity index (χ3v) is 4.28. The molecule has 0 saturated carbocycles. The highest BCUT2D eigenvalue weighted by Gasteiger charge is 2.66. The van der Waals surface area contributed by atoms with Gasteiger partial charge in [-0.3, -0.25) is 0 Å². The Morgan fingerprint density at radius 1 is 0.850 bits per heavy atom. The summed E-state index contributed by atoms with van der Waals surface area (Å²) in [5.41, 5.74) is 5.04. The molecule has 0 amide bonds. The fourth-order valence-electron chi connectivity index (χ4n) is 1.70. The van der Waals surface area contributed by atoms with Gasteiger partial charge in [0.05, 0.1) is 10.7 Å². The molecule has 8 heteroatoms. The molecule has 2 aromatic carbocycles. The molecule has 2 rings (SSSR count).